The Morgan fingerprint density at radius 1 is 1.03 bits per heavy atom. The minimum absolute atomic E-state index is 0.0180. The molecule has 2 amide bonds. The maximum atomic E-state index is 13.2. The van der Waals surface area contributed by atoms with Crippen LogP contribution in [0.15, 0.2) is 42.5 Å². The third-order valence-electron chi connectivity index (χ3n) is 7.46. The molecule has 2 bridgehead atoms. The van der Waals surface area contributed by atoms with Crippen LogP contribution in [-0.2, 0) is 27.2 Å². The summed E-state index contributed by atoms with van der Waals surface area (Å²) in [5.74, 6) is -1.23. The Balaban J connectivity index is 1.33. The molecule has 7 heteroatoms. The molecule has 2 aromatic carbocycles. The van der Waals surface area contributed by atoms with E-state index in [1.807, 2.05) is 18.2 Å². The van der Waals surface area contributed by atoms with E-state index in [0.29, 0.717) is 11.3 Å². The predicted octanol–water partition coefficient (Wildman–Crippen LogP) is 4.57. The fourth-order valence-corrected chi connectivity index (χ4v) is 6.93. The summed E-state index contributed by atoms with van der Waals surface area (Å²) in [6.07, 6.45) is 2.36. The Morgan fingerprint density at radius 3 is 2.42 bits per heavy atom. The van der Waals surface area contributed by atoms with Crippen LogP contribution in [-0.4, -0.2) is 28.7 Å². The number of hydrogen-bond donors (Lipinski definition) is 2. The summed E-state index contributed by atoms with van der Waals surface area (Å²) >= 11 is 3.65. The first kappa shape index (κ1) is 22.1. The van der Waals surface area contributed by atoms with Gasteiger partial charge in [-0.3, -0.25) is 14.4 Å². The molecule has 33 heavy (non-hydrogen) atoms. The summed E-state index contributed by atoms with van der Waals surface area (Å²) in [6, 6.07) is 13.0. The first-order valence-electron chi connectivity index (χ1n) is 11.6. The van der Waals surface area contributed by atoms with Crippen molar-refractivity contribution < 1.29 is 19.1 Å². The van der Waals surface area contributed by atoms with Gasteiger partial charge in [-0.15, -0.1) is 0 Å². The number of carbonyl (C=O) groups excluding carboxylic acids is 3. The standard InChI is InChI=1S/C26H27BrN2O4/c1-3-13-7-5-8-14(4-2)22(13)29-24(30)15-9-6-10-16(11-15)28-25(31)19-17-12-18-20(19)26(32)33-23(18)21(17)27/h5-11,17-21,23H,3-4,12H2,1-2H3,(H,28,31)(H,29,30)/t17-,18-,19-,20-,21-,23+/m1/s1. The Morgan fingerprint density at radius 2 is 1.73 bits per heavy atom. The Labute approximate surface area is 201 Å². The number of esters is 1. The number of nitrogens with one attached hydrogen (secondary N) is 2. The summed E-state index contributed by atoms with van der Waals surface area (Å²) in [7, 11) is 0. The number of fused-ring (bicyclic) bond motifs is 1. The number of para-hydroxylation sites is 1. The molecule has 1 heterocycles. The molecule has 5 rings (SSSR count). The number of aryl methyl sites for hydroxylation is 2. The Hall–Kier alpha value is -2.67. The van der Waals surface area contributed by atoms with E-state index < -0.39 is 5.92 Å². The maximum absolute atomic E-state index is 13.2. The number of alkyl halides is 1. The maximum Gasteiger partial charge on any atom is 0.310 e. The summed E-state index contributed by atoms with van der Waals surface area (Å²) < 4.78 is 5.51. The highest BCUT2D eigenvalue weighted by molar-refractivity contribution is 9.09. The smallest absolute Gasteiger partial charge is 0.310 e. The lowest BCUT2D eigenvalue weighted by Gasteiger charge is -2.27. The van der Waals surface area contributed by atoms with Crippen molar-refractivity contribution in [2.75, 3.05) is 10.6 Å². The van der Waals surface area contributed by atoms with Crippen LogP contribution in [0, 0.1) is 23.7 Å². The first-order valence-corrected chi connectivity index (χ1v) is 12.5. The zero-order valence-electron chi connectivity index (χ0n) is 18.6. The van der Waals surface area contributed by atoms with Gasteiger partial charge in [0.15, 0.2) is 0 Å². The monoisotopic (exact) mass is 510 g/mol. The number of halogens is 1. The molecule has 3 aliphatic rings. The lowest BCUT2D eigenvalue weighted by atomic mass is 9.79. The molecule has 0 spiro atoms. The van der Waals surface area contributed by atoms with E-state index >= 15 is 0 Å². The van der Waals surface area contributed by atoms with Gasteiger partial charge in [-0.25, -0.2) is 0 Å². The molecular formula is C26H27BrN2O4. The zero-order chi connectivity index (χ0) is 23.3. The molecule has 2 saturated carbocycles. The molecule has 1 saturated heterocycles. The highest BCUT2D eigenvalue weighted by Gasteiger charge is 2.67. The normalized spacial score (nSPS) is 29.1. The fourth-order valence-electron chi connectivity index (χ4n) is 5.88. The van der Waals surface area contributed by atoms with Crippen LogP contribution in [0.3, 0.4) is 0 Å². The third-order valence-corrected chi connectivity index (χ3v) is 8.66. The van der Waals surface area contributed by atoms with E-state index in [1.54, 1.807) is 24.3 Å². The van der Waals surface area contributed by atoms with Crippen LogP contribution in [0.1, 0.15) is 41.8 Å². The minimum Gasteiger partial charge on any atom is -0.461 e. The summed E-state index contributed by atoms with van der Waals surface area (Å²) in [5.41, 5.74) is 4.06. The van der Waals surface area contributed by atoms with Gasteiger partial charge in [-0.2, -0.15) is 0 Å². The van der Waals surface area contributed by atoms with Crippen LogP contribution < -0.4 is 10.6 Å². The van der Waals surface area contributed by atoms with Gasteiger partial charge in [-0.1, -0.05) is 54.0 Å². The van der Waals surface area contributed by atoms with Gasteiger partial charge in [0.25, 0.3) is 5.91 Å². The van der Waals surface area contributed by atoms with Gasteiger partial charge >= 0.3 is 5.97 Å². The van der Waals surface area contributed by atoms with Gasteiger partial charge in [-0.05, 0) is 54.5 Å². The molecule has 6 atom stereocenters. The average Bonchev–Trinajstić information content (AvgIpc) is 3.43. The second-order valence-electron chi connectivity index (χ2n) is 9.14. The van der Waals surface area contributed by atoms with Crippen molar-refractivity contribution in [3.63, 3.8) is 0 Å². The highest BCUT2D eigenvalue weighted by atomic mass is 79.9. The van der Waals surface area contributed by atoms with E-state index in [1.165, 1.54) is 0 Å². The highest BCUT2D eigenvalue weighted by Crippen LogP contribution is 2.60. The molecule has 2 N–H and O–H groups in total. The van der Waals surface area contributed by atoms with Gasteiger partial charge in [0, 0.05) is 22.9 Å². The molecular weight excluding hydrogens is 484 g/mol. The van der Waals surface area contributed by atoms with Gasteiger partial charge in [0.2, 0.25) is 5.91 Å². The van der Waals surface area contributed by atoms with Crippen molar-refractivity contribution in [3.8, 4) is 0 Å². The largest absolute Gasteiger partial charge is 0.461 e. The van der Waals surface area contributed by atoms with E-state index in [2.05, 4.69) is 40.4 Å². The molecule has 0 aromatic heterocycles. The summed E-state index contributed by atoms with van der Waals surface area (Å²) in [6.45, 7) is 4.13. The number of anilines is 2. The molecule has 2 aliphatic carbocycles. The molecule has 2 aromatic rings. The number of benzene rings is 2. The van der Waals surface area contributed by atoms with Crippen LogP contribution in [0.25, 0.3) is 0 Å². The second kappa shape index (κ2) is 8.60. The summed E-state index contributed by atoms with van der Waals surface area (Å²) in [4.78, 5) is 38.6. The van der Waals surface area contributed by atoms with Crippen LogP contribution in [0.4, 0.5) is 11.4 Å². The van der Waals surface area contributed by atoms with Crippen molar-refractivity contribution in [2.24, 2.45) is 23.7 Å². The zero-order valence-corrected chi connectivity index (χ0v) is 20.2. The number of carbonyl (C=O) groups is 3. The lowest BCUT2D eigenvalue weighted by molar-refractivity contribution is -0.145. The first-order chi connectivity index (χ1) is 15.9. The van der Waals surface area contributed by atoms with E-state index in [4.69, 9.17) is 4.74 Å². The van der Waals surface area contributed by atoms with Crippen molar-refractivity contribution in [2.45, 2.75) is 44.0 Å². The second-order valence-corrected chi connectivity index (χ2v) is 10.2. The van der Waals surface area contributed by atoms with Gasteiger partial charge in [0.1, 0.15) is 6.10 Å². The molecule has 6 nitrogen and oxygen atoms in total. The number of ether oxygens (including phenoxy) is 1. The quantitative estimate of drug-likeness (QED) is 0.440. The topological polar surface area (TPSA) is 84.5 Å². The SMILES string of the molecule is CCc1cccc(CC)c1NC(=O)c1cccc(NC(=O)[C@@H]2[C@H]3C[C@H]4[C@H](OC(=O)[C@H]42)[C@@H]3Br)c1. The molecule has 0 unspecified atom stereocenters. The van der Waals surface area contributed by atoms with Crippen molar-refractivity contribution >= 4 is 45.1 Å². The van der Waals surface area contributed by atoms with E-state index in [9.17, 15) is 14.4 Å². The van der Waals surface area contributed by atoms with Crippen LogP contribution in [0.2, 0.25) is 0 Å². The molecule has 172 valence electrons. The fraction of sp³-hybridized carbons (Fsp3) is 0.423. The van der Waals surface area contributed by atoms with Gasteiger partial charge < -0.3 is 15.4 Å². The van der Waals surface area contributed by atoms with Crippen molar-refractivity contribution in [1.82, 2.24) is 0 Å². The van der Waals surface area contributed by atoms with Crippen LogP contribution in [0.5, 0.6) is 0 Å². The number of hydrogen-bond acceptors (Lipinski definition) is 4. The van der Waals surface area contributed by atoms with E-state index in [-0.39, 0.29) is 46.5 Å². The molecule has 1 aliphatic heterocycles. The van der Waals surface area contributed by atoms with Gasteiger partial charge in [0.05, 0.1) is 16.7 Å². The van der Waals surface area contributed by atoms with E-state index in [0.717, 1.165) is 36.1 Å². The summed E-state index contributed by atoms with van der Waals surface area (Å²) in [5, 5.41) is 6.02. The lowest BCUT2D eigenvalue weighted by Crippen LogP contribution is -2.40. The Kier molecular flexibility index (Phi) is 5.77. The minimum atomic E-state index is -0.411. The average molecular weight is 511 g/mol. The predicted molar refractivity (Wildman–Crippen MR) is 129 cm³/mol. The number of rotatable bonds is 6. The molecule has 3 fully saturated rings. The Bertz CT molecular complexity index is 1110. The third kappa shape index (κ3) is 3.66. The molecule has 0 radical (unpaired) electrons. The van der Waals surface area contributed by atoms with Crippen molar-refractivity contribution in [1.29, 1.82) is 0 Å². The van der Waals surface area contributed by atoms with Crippen molar-refractivity contribution in [3.05, 3.63) is 59.2 Å². The number of amides is 2. The van der Waals surface area contributed by atoms with Crippen LogP contribution >= 0.6 is 15.9 Å².